The Morgan fingerprint density at radius 1 is 1.05 bits per heavy atom. The third-order valence-electron chi connectivity index (χ3n) is 5.84. The van der Waals surface area contributed by atoms with Gasteiger partial charge in [-0.3, -0.25) is 4.79 Å². The maximum atomic E-state index is 12.9. The largest absolute Gasteiger partial charge is 0.506 e. The molecule has 1 aromatic carbocycles. The van der Waals surface area contributed by atoms with Crippen LogP contribution in [0.3, 0.4) is 0 Å². The highest BCUT2D eigenvalue weighted by molar-refractivity contribution is 5.99. The fourth-order valence-corrected chi connectivity index (χ4v) is 5.25. The lowest BCUT2D eigenvalue weighted by molar-refractivity contribution is -0.0251. The van der Waals surface area contributed by atoms with Crippen molar-refractivity contribution in [3.8, 4) is 5.75 Å². The summed E-state index contributed by atoms with van der Waals surface area (Å²) in [5.41, 5.74) is 6.71. The molecule has 1 aromatic rings. The van der Waals surface area contributed by atoms with E-state index in [4.69, 9.17) is 5.73 Å². The number of carbonyl (C=O) groups excluding carboxylic acids is 1. The Kier molecular flexibility index (Phi) is 2.60. The second kappa shape index (κ2) is 4.24. The summed E-state index contributed by atoms with van der Waals surface area (Å²) in [6.07, 6.45) is 6.39. The summed E-state index contributed by atoms with van der Waals surface area (Å²) in [6.45, 7) is 0. The molecule has 0 unspecified atom stereocenters. The van der Waals surface area contributed by atoms with Gasteiger partial charge in [0.1, 0.15) is 5.75 Å². The van der Waals surface area contributed by atoms with Crippen LogP contribution in [0.15, 0.2) is 18.2 Å². The van der Waals surface area contributed by atoms with E-state index in [0.29, 0.717) is 23.1 Å². The van der Waals surface area contributed by atoms with E-state index in [-0.39, 0.29) is 17.5 Å². The minimum atomic E-state index is 0.0617. The number of Topliss-reactive ketones (excluding diaryl/α,β-unsaturated/α-hetero) is 1. The standard InChI is InChI=1S/C17H21NO2/c18-14-8-11(1-2-15(14)19)17(20)16-12-4-9-3-10(6-12)7-13(16)5-9/h1-2,8-10,12-13,16,19H,3-7,18H2. The summed E-state index contributed by atoms with van der Waals surface area (Å²) >= 11 is 0. The SMILES string of the molecule is Nc1cc(C(=O)C2C3CC4CC(C3)CC2C4)ccc1O. The van der Waals surface area contributed by atoms with Crippen molar-refractivity contribution in [1.82, 2.24) is 0 Å². The average Bonchev–Trinajstić information content (AvgIpc) is 2.40. The third-order valence-corrected chi connectivity index (χ3v) is 5.84. The van der Waals surface area contributed by atoms with Gasteiger partial charge in [-0.15, -0.1) is 0 Å². The number of nitrogen functional groups attached to an aromatic ring is 1. The van der Waals surface area contributed by atoms with Crippen LogP contribution in [0.25, 0.3) is 0 Å². The summed E-state index contributed by atoms with van der Waals surface area (Å²) in [4.78, 5) is 12.9. The predicted octanol–water partition coefficient (Wildman–Crippen LogP) is 3.23. The molecule has 4 fully saturated rings. The van der Waals surface area contributed by atoms with Crippen molar-refractivity contribution in [2.45, 2.75) is 32.1 Å². The van der Waals surface area contributed by atoms with Crippen LogP contribution < -0.4 is 5.73 Å². The number of ketones is 1. The van der Waals surface area contributed by atoms with Crippen molar-refractivity contribution in [1.29, 1.82) is 0 Å². The number of phenols is 1. The molecule has 4 saturated carbocycles. The van der Waals surface area contributed by atoms with E-state index in [1.165, 1.54) is 32.1 Å². The zero-order valence-corrected chi connectivity index (χ0v) is 11.6. The molecule has 0 spiro atoms. The highest BCUT2D eigenvalue weighted by atomic mass is 16.3. The Morgan fingerprint density at radius 3 is 2.20 bits per heavy atom. The summed E-state index contributed by atoms with van der Waals surface area (Å²) in [5, 5.41) is 9.50. The number of carbonyl (C=O) groups is 1. The number of hydrogen-bond donors (Lipinski definition) is 2. The fraction of sp³-hybridized carbons (Fsp3) is 0.588. The number of anilines is 1. The van der Waals surface area contributed by atoms with Crippen molar-refractivity contribution in [3.63, 3.8) is 0 Å². The molecule has 4 bridgehead atoms. The number of rotatable bonds is 2. The van der Waals surface area contributed by atoms with Gasteiger partial charge < -0.3 is 10.8 Å². The van der Waals surface area contributed by atoms with Crippen molar-refractivity contribution in [3.05, 3.63) is 23.8 Å². The third kappa shape index (κ3) is 1.75. The van der Waals surface area contributed by atoms with E-state index in [1.54, 1.807) is 18.2 Å². The number of aromatic hydroxyl groups is 1. The van der Waals surface area contributed by atoms with Crippen LogP contribution in [0.2, 0.25) is 0 Å². The van der Waals surface area contributed by atoms with E-state index in [2.05, 4.69) is 0 Å². The maximum absolute atomic E-state index is 12.9. The van der Waals surface area contributed by atoms with Gasteiger partial charge in [0.15, 0.2) is 5.78 Å². The number of hydrogen-bond acceptors (Lipinski definition) is 3. The lowest BCUT2D eigenvalue weighted by Gasteiger charge is -2.53. The molecular formula is C17H21NO2. The second-order valence-electron chi connectivity index (χ2n) is 7.09. The Hall–Kier alpha value is -1.51. The minimum Gasteiger partial charge on any atom is -0.506 e. The Bertz CT molecular complexity index is 538. The molecule has 0 atom stereocenters. The smallest absolute Gasteiger partial charge is 0.166 e. The van der Waals surface area contributed by atoms with Gasteiger partial charge in [0.05, 0.1) is 5.69 Å². The zero-order valence-electron chi connectivity index (χ0n) is 11.6. The molecule has 5 rings (SSSR count). The first-order chi connectivity index (χ1) is 9.61. The lowest BCUT2D eigenvalue weighted by atomic mass is 9.51. The first-order valence-corrected chi connectivity index (χ1v) is 7.74. The first kappa shape index (κ1) is 12.2. The van der Waals surface area contributed by atoms with Gasteiger partial charge in [-0.1, -0.05) is 0 Å². The van der Waals surface area contributed by atoms with Crippen LogP contribution in [0.1, 0.15) is 42.5 Å². The number of benzene rings is 1. The summed E-state index contributed by atoms with van der Waals surface area (Å²) in [5.74, 6) is 3.46. The van der Waals surface area contributed by atoms with Gasteiger partial charge in [-0.2, -0.15) is 0 Å². The maximum Gasteiger partial charge on any atom is 0.166 e. The molecule has 4 aliphatic rings. The molecule has 0 aliphatic heterocycles. The molecule has 0 amide bonds. The number of nitrogens with two attached hydrogens (primary N) is 1. The molecule has 0 heterocycles. The van der Waals surface area contributed by atoms with Gasteiger partial charge in [-0.25, -0.2) is 0 Å². The van der Waals surface area contributed by atoms with Crippen LogP contribution in [0, 0.1) is 29.6 Å². The van der Waals surface area contributed by atoms with Crippen molar-refractivity contribution in [2.75, 3.05) is 5.73 Å². The quantitative estimate of drug-likeness (QED) is 0.493. The fourth-order valence-electron chi connectivity index (χ4n) is 5.25. The molecule has 20 heavy (non-hydrogen) atoms. The zero-order chi connectivity index (χ0) is 13.9. The topological polar surface area (TPSA) is 63.3 Å². The van der Waals surface area contributed by atoms with E-state index >= 15 is 0 Å². The van der Waals surface area contributed by atoms with E-state index in [9.17, 15) is 9.90 Å². The Labute approximate surface area is 119 Å². The Morgan fingerprint density at radius 2 is 1.65 bits per heavy atom. The number of phenolic OH excluding ortho intramolecular Hbond substituents is 1. The lowest BCUT2D eigenvalue weighted by Crippen LogP contribution is -2.48. The highest BCUT2D eigenvalue weighted by Crippen LogP contribution is 2.57. The van der Waals surface area contributed by atoms with Gasteiger partial charge in [-0.05, 0) is 74.0 Å². The first-order valence-electron chi connectivity index (χ1n) is 7.74. The molecule has 4 aliphatic carbocycles. The van der Waals surface area contributed by atoms with Crippen LogP contribution in [0.5, 0.6) is 5.75 Å². The van der Waals surface area contributed by atoms with E-state index < -0.39 is 0 Å². The molecule has 0 radical (unpaired) electrons. The van der Waals surface area contributed by atoms with Crippen LogP contribution >= 0.6 is 0 Å². The van der Waals surface area contributed by atoms with Crippen molar-refractivity contribution < 1.29 is 9.90 Å². The molecule has 0 saturated heterocycles. The molecule has 3 N–H and O–H groups in total. The van der Waals surface area contributed by atoms with Gasteiger partial charge in [0, 0.05) is 11.5 Å². The van der Waals surface area contributed by atoms with Crippen LogP contribution in [-0.4, -0.2) is 10.9 Å². The second-order valence-corrected chi connectivity index (χ2v) is 7.09. The van der Waals surface area contributed by atoms with E-state index in [1.807, 2.05) is 0 Å². The monoisotopic (exact) mass is 271 g/mol. The van der Waals surface area contributed by atoms with Crippen LogP contribution in [-0.2, 0) is 0 Å². The van der Waals surface area contributed by atoms with Gasteiger partial charge in [0.25, 0.3) is 0 Å². The summed E-state index contributed by atoms with van der Waals surface area (Å²) in [7, 11) is 0. The van der Waals surface area contributed by atoms with Crippen molar-refractivity contribution >= 4 is 11.5 Å². The molecule has 3 heteroatoms. The normalized spacial score (nSPS) is 38.1. The molecule has 3 nitrogen and oxygen atoms in total. The van der Waals surface area contributed by atoms with Gasteiger partial charge >= 0.3 is 0 Å². The van der Waals surface area contributed by atoms with Gasteiger partial charge in [0.2, 0.25) is 0 Å². The summed E-state index contributed by atoms with van der Waals surface area (Å²) in [6, 6.07) is 4.90. The Balaban J connectivity index is 1.63. The molecule has 0 aromatic heterocycles. The molecular weight excluding hydrogens is 250 g/mol. The van der Waals surface area contributed by atoms with Crippen LogP contribution in [0.4, 0.5) is 5.69 Å². The molecule has 106 valence electrons. The summed E-state index contributed by atoms with van der Waals surface area (Å²) < 4.78 is 0. The predicted molar refractivity (Wildman–Crippen MR) is 77.4 cm³/mol. The van der Waals surface area contributed by atoms with Crippen molar-refractivity contribution in [2.24, 2.45) is 29.6 Å². The average molecular weight is 271 g/mol. The highest BCUT2D eigenvalue weighted by Gasteiger charge is 2.50. The van der Waals surface area contributed by atoms with E-state index in [0.717, 1.165) is 11.8 Å². The minimum absolute atomic E-state index is 0.0617.